The van der Waals surface area contributed by atoms with Gasteiger partial charge >= 0.3 is 5.76 Å². The van der Waals surface area contributed by atoms with Crippen LogP contribution in [-0.2, 0) is 6.54 Å². The van der Waals surface area contributed by atoms with Crippen molar-refractivity contribution < 1.29 is 9.15 Å². The molecule has 112 valence electrons. The Morgan fingerprint density at radius 1 is 1.14 bits per heavy atom. The van der Waals surface area contributed by atoms with Gasteiger partial charge in [-0.3, -0.25) is 4.79 Å². The monoisotopic (exact) mass is 317 g/mol. The van der Waals surface area contributed by atoms with E-state index in [0.29, 0.717) is 16.2 Å². The number of halogens is 1. The molecule has 5 nitrogen and oxygen atoms in total. The highest BCUT2D eigenvalue weighted by molar-refractivity contribution is 6.31. The second-order valence-corrected chi connectivity index (χ2v) is 5.18. The summed E-state index contributed by atoms with van der Waals surface area (Å²) in [5, 5.41) is 0.723. The van der Waals surface area contributed by atoms with Crippen molar-refractivity contribution in [3.63, 3.8) is 0 Å². The molecule has 2 aromatic carbocycles. The molecule has 0 unspecified atom stereocenters. The molecule has 0 fully saturated rings. The molecular weight excluding hydrogens is 306 g/mol. The van der Waals surface area contributed by atoms with Crippen LogP contribution in [0.15, 0.2) is 56.5 Å². The van der Waals surface area contributed by atoms with Crippen molar-refractivity contribution >= 4 is 22.6 Å². The lowest BCUT2D eigenvalue weighted by molar-refractivity contribution is 0.414. The Labute approximate surface area is 130 Å². The van der Waals surface area contributed by atoms with Crippen molar-refractivity contribution in [1.29, 1.82) is 0 Å². The minimum Gasteiger partial charge on any atom is -0.497 e. The molecule has 0 atom stereocenters. The molecule has 0 radical (unpaired) electrons. The quantitative estimate of drug-likeness (QED) is 0.745. The van der Waals surface area contributed by atoms with E-state index >= 15 is 0 Å². The molecule has 3 aromatic rings. The molecule has 0 aliphatic carbocycles. The number of hydrogen-bond donors (Lipinski definition) is 0. The Hall–Kier alpha value is -2.53. The van der Waals surface area contributed by atoms with Gasteiger partial charge in [0, 0.05) is 11.1 Å². The van der Waals surface area contributed by atoms with E-state index in [4.69, 9.17) is 20.8 Å². The van der Waals surface area contributed by atoms with Crippen LogP contribution >= 0.6 is 11.6 Å². The molecule has 6 heteroatoms. The summed E-state index contributed by atoms with van der Waals surface area (Å²) in [5.41, 5.74) is 0.579. The highest BCUT2D eigenvalue weighted by Gasteiger charge is 2.10. The van der Waals surface area contributed by atoms with Gasteiger partial charge in [-0.25, -0.2) is 9.36 Å². The lowest BCUT2D eigenvalue weighted by atomic mass is 10.2. The molecule has 3 rings (SSSR count). The summed E-state index contributed by atoms with van der Waals surface area (Å²) in [5.74, 6) is -0.00753. The van der Waals surface area contributed by atoms with Gasteiger partial charge in [-0.15, -0.1) is 0 Å². The highest BCUT2D eigenvalue weighted by Crippen LogP contribution is 2.16. The highest BCUT2D eigenvalue weighted by atomic mass is 35.5. The van der Waals surface area contributed by atoms with E-state index in [9.17, 15) is 9.59 Å². The van der Waals surface area contributed by atoms with Crippen LogP contribution in [0, 0.1) is 0 Å². The molecular formula is C16H12ClNO4. The molecule has 0 aliphatic heterocycles. The van der Waals surface area contributed by atoms with E-state index in [0.717, 1.165) is 10.1 Å². The van der Waals surface area contributed by atoms with Crippen molar-refractivity contribution in [2.75, 3.05) is 7.11 Å². The normalized spacial score (nSPS) is 10.8. The molecule has 22 heavy (non-hydrogen) atoms. The summed E-state index contributed by atoms with van der Waals surface area (Å²) in [6, 6.07) is 11.7. The largest absolute Gasteiger partial charge is 0.497 e. The molecule has 0 saturated heterocycles. The zero-order valence-electron chi connectivity index (χ0n) is 11.7. The van der Waals surface area contributed by atoms with E-state index < -0.39 is 11.3 Å². The Morgan fingerprint density at radius 3 is 2.55 bits per heavy atom. The number of aromatic nitrogens is 1. The summed E-state index contributed by atoms with van der Waals surface area (Å²) >= 11 is 5.84. The summed E-state index contributed by atoms with van der Waals surface area (Å²) in [4.78, 5) is 24.4. The predicted molar refractivity (Wildman–Crippen MR) is 83.9 cm³/mol. The van der Waals surface area contributed by atoms with Crippen molar-refractivity contribution in [3.05, 3.63) is 74.0 Å². The average Bonchev–Trinajstić information content (AvgIpc) is 2.51. The number of methoxy groups -OCH3 is 1. The molecule has 0 amide bonds. The van der Waals surface area contributed by atoms with Gasteiger partial charge in [0.15, 0.2) is 0 Å². The minimum absolute atomic E-state index is 0.129. The van der Waals surface area contributed by atoms with Crippen LogP contribution in [0.5, 0.6) is 5.75 Å². The SMILES string of the molecule is COc1ccc(Cn2c(=O)oc3cc(Cl)ccc3c2=O)cc1. The average molecular weight is 318 g/mol. The zero-order chi connectivity index (χ0) is 15.7. The molecule has 1 aromatic heterocycles. The topological polar surface area (TPSA) is 61.4 Å². The second-order valence-electron chi connectivity index (χ2n) is 4.75. The van der Waals surface area contributed by atoms with Gasteiger partial charge in [0.2, 0.25) is 0 Å². The first-order valence-corrected chi connectivity index (χ1v) is 6.92. The van der Waals surface area contributed by atoms with Gasteiger partial charge in [-0.05, 0) is 29.8 Å². The number of hydrogen-bond acceptors (Lipinski definition) is 4. The van der Waals surface area contributed by atoms with Crippen molar-refractivity contribution in [2.24, 2.45) is 0 Å². The van der Waals surface area contributed by atoms with Gasteiger partial charge < -0.3 is 9.15 Å². The molecule has 0 aliphatic rings. The summed E-state index contributed by atoms with van der Waals surface area (Å²) in [7, 11) is 1.57. The third kappa shape index (κ3) is 2.63. The number of rotatable bonds is 3. The van der Waals surface area contributed by atoms with E-state index in [1.807, 2.05) is 0 Å². The maximum Gasteiger partial charge on any atom is 0.422 e. The molecule has 0 spiro atoms. The van der Waals surface area contributed by atoms with Crippen molar-refractivity contribution in [3.8, 4) is 5.75 Å². The second kappa shape index (κ2) is 5.69. The maximum atomic E-state index is 12.4. The first-order chi connectivity index (χ1) is 10.6. The fourth-order valence-corrected chi connectivity index (χ4v) is 2.35. The summed E-state index contributed by atoms with van der Waals surface area (Å²) in [6.07, 6.45) is 0. The fourth-order valence-electron chi connectivity index (χ4n) is 2.18. The number of nitrogens with zero attached hydrogens (tertiary/aromatic N) is 1. The molecule has 0 saturated carbocycles. The van der Waals surface area contributed by atoms with Gasteiger partial charge in [-0.1, -0.05) is 23.7 Å². The third-order valence-corrected chi connectivity index (χ3v) is 3.57. The zero-order valence-corrected chi connectivity index (χ0v) is 12.5. The van der Waals surface area contributed by atoms with Crippen molar-refractivity contribution in [2.45, 2.75) is 6.54 Å². The van der Waals surface area contributed by atoms with Gasteiger partial charge in [0.1, 0.15) is 11.3 Å². The van der Waals surface area contributed by atoms with Crippen LogP contribution in [0.25, 0.3) is 11.0 Å². The van der Waals surface area contributed by atoms with Crippen molar-refractivity contribution in [1.82, 2.24) is 4.57 Å². The van der Waals surface area contributed by atoms with Crippen LogP contribution < -0.4 is 16.1 Å². The van der Waals surface area contributed by atoms with Gasteiger partial charge in [0.25, 0.3) is 5.56 Å². The first kappa shape index (κ1) is 14.4. The third-order valence-electron chi connectivity index (χ3n) is 3.34. The molecule has 0 N–H and O–H groups in total. The Kier molecular flexibility index (Phi) is 3.73. The van der Waals surface area contributed by atoms with Gasteiger partial charge in [0.05, 0.1) is 19.0 Å². The Morgan fingerprint density at radius 2 is 1.86 bits per heavy atom. The van der Waals surface area contributed by atoms with E-state index in [1.54, 1.807) is 43.5 Å². The van der Waals surface area contributed by atoms with Crippen LogP contribution in [0.3, 0.4) is 0 Å². The minimum atomic E-state index is -0.712. The predicted octanol–water partition coefficient (Wildman–Crippen LogP) is 2.67. The Bertz CT molecular complexity index is 941. The van der Waals surface area contributed by atoms with E-state index in [2.05, 4.69) is 0 Å². The number of benzene rings is 2. The number of fused-ring (bicyclic) bond motifs is 1. The standard InChI is InChI=1S/C16H12ClNO4/c1-21-12-5-2-10(3-6-12)9-18-15(19)13-7-4-11(17)8-14(13)22-16(18)20/h2-8H,9H2,1H3. The summed E-state index contributed by atoms with van der Waals surface area (Å²) < 4.78 is 11.3. The number of ether oxygens (including phenoxy) is 1. The lowest BCUT2D eigenvalue weighted by Gasteiger charge is -2.06. The molecule has 1 heterocycles. The van der Waals surface area contributed by atoms with E-state index in [-0.39, 0.29) is 12.1 Å². The van der Waals surface area contributed by atoms with Crippen LogP contribution in [0.1, 0.15) is 5.56 Å². The van der Waals surface area contributed by atoms with Gasteiger partial charge in [-0.2, -0.15) is 0 Å². The van der Waals surface area contributed by atoms with Crippen LogP contribution in [-0.4, -0.2) is 11.7 Å². The first-order valence-electron chi connectivity index (χ1n) is 6.54. The smallest absolute Gasteiger partial charge is 0.422 e. The van der Waals surface area contributed by atoms with Crippen LogP contribution in [0.4, 0.5) is 0 Å². The Balaban J connectivity index is 2.08. The lowest BCUT2D eigenvalue weighted by Crippen LogP contribution is -2.32. The van der Waals surface area contributed by atoms with E-state index in [1.165, 1.54) is 6.07 Å². The van der Waals surface area contributed by atoms with Crippen LogP contribution in [0.2, 0.25) is 5.02 Å². The molecule has 0 bridgehead atoms. The summed E-state index contributed by atoms with van der Waals surface area (Å²) in [6.45, 7) is 0.129. The fraction of sp³-hybridized carbons (Fsp3) is 0.125. The maximum absolute atomic E-state index is 12.4.